The van der Waals surface area contributed by atoms with Crippen LogP contribution in [-0.4, -0.2) is 32.3 Å². The van der Waals surface area contributed by atoms with Gasteiger partial charge < -0.3 is 10.1 Å². The molecular weight excluding hydrogens is 401 g/mol. The molecule has 0 saturated heterocycles. The maximum Gasteiger partial charge on any atom is 0.264 e. The van der Waals surface area contributed by atoms with Gasteiger partial charge in [-0.05, 0) is 55.5 Å². The lowest BCUT2D eigenvalue weighted by atomic mass is 10.3. The molecule has 0 fully saturated rings. The number of benzene rings is 2. The van der Waals surface area contributed by atoms with E-state index in [-0.39, 0.29) is 30.2 Å². The fourth-order valence-corrected chi connectivity index (χ4v) is 3.25. The fraction of sp³-hybridized carbons (Fsp3) is 0.182. The number of hydrogen-bond donors (Lipinski definition) is 1. The molecule has 158 valence electrons. The van der Waals surface area contributed by atoms with Gasteiger partial charge in [0.2, 0.25) is 5.91 Å². The minimum Gasteiger partial charge on any atom is -0.497 e. The SMILES string of the molecule is COc1ccc(NC(=O)CCn2c(C)nc3c(cnn3-c3ccc(F)cc3)c2=O)cc1. The first-order valence-electron chi connectivity index (χ1n) is 9.61. The number of carbonyl (C=O) groups excluding carboxylic acids is 1. The fourth-order valence-electron chi connectivity index (χ4n) is 3.25. The summed E-state index contributed by atoms with van der Waals surface area (Å²) in [5.41, 5.74) is 1.34. The van der Waals surface area contributed by atoms with Crippen molar-refractivity contribution in [2.75, 3.05) is 12.4 Å². The highest BCUT2D eigenvalue weighted by Crippen LogP contribution is 2.16. The van der Waals surface area contributed by atoms with Gasteiger partial charge >= 0.3 is 0 Å². The van der Waals surface area contributed by atoms with E-state index in [0.717, 1.165) is 0 Å². The third-order valence-corrected chi connectivity index (χ3v) is 4.89. The Morgan fingerprint density at radius 2 is 1.84 bits per heavy atom. The zero-order valence-corrected chi connectivity index (χ0v) is 17.0. The second-order valence-electron chi connectivity index (χ2n) is 6.91. The van der Waals surface area contributed by atoms with Crippen LogP contribution in [-0.2, 0) is 11.3 Å². The molecule has 4 aromatic rings. The van der Waals surface area contributed by atoms with Gasteiger partial charge in [0.25, 0.3) is 5.56 Å². The van der Waals surface area contributed by atoms with E-state index in [2.05, 4.69) is 15.4 Å². The maximum atomic E-state index is 13.2. The average Bonchev–Trinajstić information content (AvgIpc) is 3.18. The van der Waals surface area contributed by atoms with E-state index in [9.17, 15) is 14.0 Å². The molecule has 0 radical (unpaired) electrons. The zero-order valence-electron chi connectivity index (χ0n) is 17.0. The van der Waals surface area contributed by atoms with Crippen molar-refractivity contribution in [1.82, 2.24) is 19.3 Å². The first kappa shape index (κ1) is 20.3. The number of aromatic nitrogens is 4. The lowest BCUT2D eigenvalue weighted by molar-refractivity contribution is -0.116. The Kier molecular flexibility index (Phi) is 5.48. The van der Waals surface area contributed by atoms with Crippen molar-refractivity contribution >= 4 is 22.6 Å². The first-order valence-corrected chi connectivity index (χ1v) is 9.61. The molecule has 31 heavy (non-hydrogen) atoms. The van der Waals surface area contributed by atoms with Crippen LogP contribution in [0.5, 0.6) is 5.75 Å². The summed E-state index contributed by atoms with van der Waals surface area (Å²) in [5.74, 6) is 0.567. The third kappa shape index (κ3) is 4.16. The molecule has 0 bridgehead atoms. The Morgan fingerprint density at radius 1 is 1.13 bits per heavy atom. The average molecular weight is 421 g/mol. The minimum atomic E-state index is -0.361. The van der Waals surface area contributed by atoms with Crippen LogP contribution in [0.15, 0.2) is 59.5 Å². The van der Waals surface area contributed by atoms with Crippen LogP contribution >= 0.6 is 0 Å². The number of ether oxygens (including phenoxy) is 1. The molecule has 2 aromatic heterocycles. The van der Waals surface area contributed by atoms with Crippen LogP contribution in [0.3, 0.4) is 0 Å². The summed E-state index contributed by atoms with van der Waals surface area (Å²) in [6.07, 6.45) is 1.54. The summed E-state index contributed by atoms with van der Waals surface area (Å²) in [7, 11) is 1.57. The summed E-state index contributed by atoms with van der Waals surface area (Å²) < 4.78 is 21.2. The van der Waals surface area contributed by atoms with Crippen molar-refractivity contribution in [1.29, 1.82) is 0 Å². The van der Waals surface area contributed by atoms with E-state index in [4.69, 9.17) is 4.74 Å². The Bertz CT molecular complexity index is 1290. The van der Waals surface area contributed by atoms with Crippen molar-refractivity contribution in [2.24, 2.45) is 0 Å². The van der Waals surface area contributed by atoms with E-state index < -0.39 is 0 Å². The summed E-state index contributed by atoms with van der Waals surface area (Å²) in [6.45, 7) is 1.88. The summed E-state index contributed by atoms with van der Waals surface area (Å²) in [5, 5.41) is 7.35. The third-order valence-electron chi connectivity index (χ3n) is 4.89. The van der Waals surface area contributed by atoms with Crippen molar-refractivity contribution < 1.29 is 13.9 Å². The van der Waals surface area contributed by atoms with E-state index in [1.54, 1.807) is 50.4 Å². The Morgan fingerprint density at radius 3 is 2.52 bits per heavy atom. The molecule has 0 aliphatic carbocycles. The van der Waals surface area contributed by atoms with Gasteiger partial charge in [-0.1, -0.05) is 0 Å². The molecule has 9 heteroatoms. The van der Waals surface area contributed by atoms with E-state index in [1.807, 2.05) is 0 Å². The molecule has 4 rings (SSSR count). The molecular formula is C22H20FN5O3. The van der Waals surface area contributed by atoms with E-state index in [0.29, 0.717) is 34.0 Å². The van der Waals surface area contributed by atoms with Crippen molar-refractivity contribution in [3.05, 3.63) is 76.7 Å². The maximum absolute atomic E-state index is 13.2. The normalized spacial score (nSPS) is 10.9. The molecule has 8 nitrogen and oxygen atoms in total. The second-order valence-corrected chi connectivity index (χ2v) is 6.91. The van der Waals surface area contributed by atoms with Gasteiger partial charge in [-0.25, -0.2) is 14.1 Å². The summed E-state index contributed by atoms with van der Waals surface area (Å²) in [6, 6.07) is 12.7. The lowest BCUT2D eigenvalue weighted by Gasteiger charge is -2.11. The van der Waals surface area contributed by atoms with Crippen molar-refractivity contribution in [3.8, 4) is 11.4 Å². The van der Waals surface area contributed by atoms with Gasteiger partial charge in [-0.2, -0.15) is 5.10 Å². The number of amides is 1. The molecule has 0 aliphatic rings. The predicted octanol–water partition coefficient (Wildman–Crippen LogP) is 3.07. The molecule has 0 aliphatic heterocycles. The number of halogens is 1. The van der Waals surface area contributed by atoms with Gasteiger partial charge in [0.05, 0.1) is 19.0 Å². The Labute approximate surface area is 176 Å². The molecule has 0 atom stereocenters. The number of carbonyl (C=O) groups is 1. The van der Waals surface area contributed by atoms with Crippen molar-refractivity contribution in [3.63, 3.8) is 0 Å². The monoisotopic (exact) mass is 421 g/mol. The van der Waals surface area contributed by atoms with E-state index in [1.165, 1.54) is 27.6 Å². The van der Waals surface area contributed by atoms with Crippen LogP contribution in [0, 0.1) is 12.7 Å². The largest absolute Gasteiger partial charge is 0.497 e. The van der Waals surface area contributed by atoms with Gasteiger partial charge in [0.1, 0.15) is 22.8 Å². The highest BCUT2D eigenvalue weighted by atomic mass is 19.1. The smallest absolute Gasteiger partial charge is 0.264 e. The molecule has 2 heterocycles. The highest BCUT2D eigenvalue weighted by Gasteiger charge is 2.15. The Hall–Kier alpha value is -4.01. The number of rotatable bonds is 6. The van der Waals surface area contributed by atoms with Gasteiger partial charge in [-0.15, -0.1) is 0 Å². The second kappa shape index (κ2) is 8.39. The van der Waals surface area contributed by atoms with Gasteiger partial charge in [0, 0.05) is 18.7 Å². The lowest BCUT2D eigenvalue weighted by Crippen LogP contribution is -2.26. The molecule has 0 unspecified atom stereocenters. The minimum absolute atomic E-state index is 0.103. The molecule has 0 saturated carbocycles. The van der Waals surface area contributed by atoms with Crippen LogP contribution in [0.1, 0.15) is 12.2 Å². The summed E-state index contributed by atoms with van der Waals surface area (Å²) in [4.78, 5) is 29.8. The molecule has 2 aromatic carbocycles. The Balaban J connectivity index is 1.53. The predicted molar refractivity (Wildman–Crippen MR) is 114 cm³/mol. The van der Waals surface area contributed by atoms with Gasteiger partial charge in [0.15, 0.2) is 5.65 Å². The van der Waals surface area contributed by atoms with Crippen LogP contribution in [0.25, 0.3) is 16.7 Å². The van der Waals surface area contributed by atoms with Gasteiger partial charge in [-0.3, -0.25) is 14.2 Å². The number of hydrogen-bond acceptors (Lipinski definition) is 5. The number of methoxy groups -OCH3 is 1. The number of aryl methyl sites for hydroxylation is 1. The summed E-state index contributed by atoms with van der Waals surface area (Å²) >= 11 is 0. The van der Waals surface area contributed by atoms with Crippen LogP contribution in [0.4, 0.5) is 10.1 Å². The number of nitrogens with one attached hydrogen (secondary N) is 1. The molecule has 0 spiro atoms. The van der Waals surface area contributed by atoms with Crippen LogP contribution in [0.2, 0.25) is 0 Å². The number of fused-ring (bicyclic) bond motifs is 1. The zero-order chi connectivity index (χ0) is 22.0. The van der Waals surface area contributed by atoms with Crippen LogP contribution < -0.4 is 15.6 Å². The number of anilines is 1. The molecule has 1 N–H and O–H groups in total. The molecule has 1 amide bonds. The quantitative estimate of drug-likeness (QED) is 0.517. The first-order chi connectivity index (χ1) is 15.0. The number of nitrogens with zero attached hydrogens (tertiary/aromatic N) is 4. The topological polar surface area (TPSA) is 91.0 Å². The standard InChI is InChI=1S/C22H20FN5O3/c1-14-25-21-19(13-24-28(21)17-7-3-15(23)4-8-17)22(30)27(14)12-11-20(29)26-16-5-9-18(31-2)10-6-16/h3-10,13H,11-12H2,1-2H3,(H,26,29). The highest BCUT2D eigenvalue weighted by molar-refractivity contribution is 5.90. The van der Waals surface area contributed by atoms with Crippen molar-refractivity contribution in [2.45, 2.75) is 19.9 Å². The van der Waals surface area contributed by atoms with E-state index >= 15 is 0 Å².